The van der Waals surface area contributed by atoms with Crippen LogP contribution in [0.15, 0.2) is 58.3 Å². The van der Waals surface area contributed by atoms with Gasteiger partial charge in [-0.15, -0.1) is 0 Å². The Morgan fingerprint density at radius 1 is 1.10 bits per heavy atom. The van der Waals surface area contributed by atoms with Gasteiger partial charge in [0.05, 0.1) is 11.1 Å². The number of para-hydroxylation sites is 1. The van der Waals surface area contributed by atoms with Crippen molar-refractivity contribution in [3.8, 4) is 0 Å². The number of aryl methyl sites for hydroxylation is 1. The van der Waals surface area contributed by atoms with E-state index < -0.39 is 0 Å². The molecular weight excluding hydrogens is 396 g/mol. The summed E-state index contributed by atoms with van der Waals surface area (Å²) in [4.78, 5) is 32.6. The maximum absolute atomic E-state index is 13.6. The lowest BCUT2D eigenvalue weighted by molar-refractivity contribution is 0.0843. The van der Waals surface area contributed by atoms with Crippen LogP contribution in [0, 0.1) is 0 Å². The van der Waals surface area contributed by atoms with E-state index in [9.17, 15) is 9.59 Å². The number of carbonyl (C=O) groups excluding carboxylic acids is 1. The zero-order valence-electron chi connectivity index (χ0n) is 17.3. The van der Waals surface area contributed by atoms with Gasteiger partial charge in [0.25, 0.3) is 11.5 Å². The van der Waals surface area contributed by atoms with Crippen molar-refractivity contribution in [1.82, 2.24) is 14.7 Å². The quantitative estimate of drug-likeness (QED) is 0.633. The smallest absolute Gasteiger partial charge is 0.280 e. The Bertz CT molecular complexity index is 1200. The van der Waals surface area contributed by atoms with E-state index in [-0.39, 0.29) is 17.2 Å². The highest BCUT2D eigenvalue weighted by atomic mass is 32.2. The molecule has 1 aliphatic heterocycles. The minimum Gasteiger partial charge on any atom is -0.286 e. The predicted octanol–water partition coefficient (Wildman–Crippen LogP) is 4.32. The second-order valence-electron chi connectivity index (χ2n) is 7.59. The van der Waals surface area contributed by atoms with E-state index in [2.05, 4.69) is 25.0 Å². The number of hydrogen-bond acceptors (Lipinski definition) is 5. The molecule has 154 valence electrons. The number of rotatable bonds is 3. The maximum atomic E-state index is 13.6. The first-order valence-electron chi connectivity index (χ1n) is 10.1. The summed E-state index contributed by atoms with van der Waals surface area (Å²) in [5, 5.41) is 6.06. The third-order valence-corrected chi connectivity index (χ3v) is 6.23. The number of benzene rings is 2. The molecule has 6 nitrogen and oxygen atoms in total. The molecule has 1 fully saturated rings. The predicted molar refractivity (Wildman–Crippen MR) is 123 cm³/mol. The van der Waals surface area contributed by atoms with E-state index in [1.807, 2.05) is 24.3 Å². The summed E-state index contributed by atoms with van der Waals surface area (Å²) < 4.78 is 1.23. The number of thioether (sulfide) groups is 1. The van der Waals surface area contributed by atoms with Gasteiger partial charge in [-0.1, -0.05) is 62.0 Å². The molecule has 0 unspecified atom stereocenters. The summed E-state index contributed by atoms with van der Waals surface area (Å²) >= 11 is 1.58. The molecule has 0 radical (unpaired) electrons. The number of fused-ring (bicyclic) bond motifs is 1. The Morgan fingerprint density at radius 2 is 1.80 bits per heavy atom. The van der Waals surface area contributed by atoms with Gasteiger partial charge in [-0.2, -0.15) is 5.10 Å². The molecule has 4 rings (SSSR count). The van der Waals surface area contributed by atoms with Gasteiger partial charge < -0.3 is 0 Å². The fourth-order valence-corrected chi connectivity index (χ4v) is 4.56. The van der Waals surface area contributed by atoms with Crippen molar-refractivity contribution in [3.63, 3.8) is 0 Å². The van der Waals surface area contributed by atoms with Crippen LogP contribution in [0.25, 0.3) is 10.8 Å². The number of nitrogens with zero attached hydrogens (tertiary/aromatic N) is 4. The van der Waals surface area contributed by atoms with E-state index in [1.54, 1.807) is 41.9 Å². The molecular formula is C23H24N4O2S. The van der Waals surface area contributed by atoms with Crippen molar-refractivity contribution in [2.75, 3.05) is 12.3 Å². The Labute approximate surface area is 179 Å². The molecule has 0 spiro atoms. The second-order valence-corrected chi connectivity index (χ2v) is 8.65. The number of carbonyl (C=O) groups is 1. The molecule has 2 heterocycles. The van der Waals surface area contributed by atoms with E-state index >= 15 is 0 Å². The molecule has 0 saturated carbocycles. The van der Waals surface area contributed by atoms with Crippen LogP contribution in [0.4, 0.5) is 5.69 Å². The van der Waals surface area contributed by atoms with Crippen LogP contribution >= 0.6 is 11.8 Å². The number of aliphatic imine (C=N–C) groups is 1. The summed E-state index contributed by atoms with van der Waals surface area (Å²) in [6, 6.07) is 15.2. The Morgan fingerprint density at radius 3 is 2.57 bits per heavy atom. The van der Waals surface area contributed by atoms with Crippen LogP contribution in [0.2, 0.25) is 0 Å². The van der Waals surface area contributed by atoms with Gasteiger partial charge in [-0.3, -0.25) is 14.5 Å². The highest BCUT2D eigenvalue weighted by molar-refractivity contribution is 8.13. The van der Waals surface area contributed by atoms with E-state index in [4.69, 9.17) is 4.99 Å². The molecule has 2 aromatic carbocycles. The first-order chi connectivity index (χ1) is 14.5. The van der Waals surface area contributed by atoms with Crippen LogP contribution in [0.3, 0.4) is 0 Å². The molecule has 30 heavy (non-hydrogen) atoms. The molecule has 1 aliphatic rings. The maximum Gasteiger partial charge on any atom is 0.280 e. The topological polar surface area (TPSA) is 67.6 Å². The lowest BCUT2D eigenvalue weighted by Crippen LogP contribution is -2.40. The first kappa shape index (κ1) is 20.3. The van der Waals surface area contributed by atoms with Crippen LogP contribution < -0.4 is 5.56 Å². The van der Waals surface area contributed by atoms with Crippen molar-refractivity contribution in [3.05, 3.63) is 70.1 Å². The van der Waals surface area contributed by atoms with Crippen molar-refractivity contribution < 1.29 is 4.79 Å². The normalized spacial score (nSPS) is 15.9. The van der Waals surface area contributed by atoms with E-state index in [1.165, 1.54) is 4.68 Å². The fraction of sp³-hybridized carbons (Fsp3) is 0.304. The Hall–Kier alpha value is -2.93. The number of aromatic nitrogens is 2. The zero-order chi connectivity index (χ0) is 21.3. The minimum absolute atomic E-state index is 0.213. The summed E-state index contributed by atoms with van der Waals surface area (Å²) in [5.41, 5.74) is 2.09. The van der Waals surface area contributed by atoms with Gasteiger partial charge in [0.1, 0.15) is 0 Å². The molecule has 7 heteroatoms. The van der Waals surface area contributed by atoms with Crippen LogP contribution in [-0.4, -0.2) is 38.1 Å². The van der Waals surface area contributed by atoms with Gasteiger partial charge >= 0.3 is 0 Å². The molecule has 0 N–H and O–H groups in total. The molecule has 1 saturated heterocycles. The molecule has 1 amide bonds. The van der Waals surface area contributed by atoms with Crippen molar-refractivity contribution in [2.45, 2.75) is 26.2 Å². The van der Waals surface area contributed by atoms with Crippen LogP contribution in [0.5, 0.6) is 0 Å². The van der Waals surface area contributed by atoms with Crippen LogP contribution in [-0.2, 0) is 7.05 Å². The molecule has 3 aromatic rings. The van der Waals surface area contributed by atoms with Crippen molar-refractivity contribution in [1.29, 1.82) is 0 Å². The van der Waals surface area contributed by atoms with Crippen molar-refractivity contribution >= 4 is 39.3 Å². The monoisotopic (exact) mass is 420 g/mol. The summed E-state index contributed by atoms with van der Waals surface area (Å²) in [6.07, 6.45) is 0.880. The molecule has 0 bridgehead atoms. The van der Waals surface area contributed by atoms with Gasteiger partial charge in [0.2, 0.25) is 0 Å². The first-order valence-corrected chi connectivity index (χ1v) is 11.0. The second kappa shape index (κ2) is 8.44. The summed E-state index contributed by atoms with van der Waals surface area (Å²) in [7, 11) is 1.57. The molecule has 0 atom stereocenters. The van der Waals surface area contributed by atoms with Gasteiger partial charge in [0, 0.05) is 24.7 Å². The summed E-state index contributed by atoms with van der Waals surface area (Å²) in [5.74, 6) is 1.01. The van der Waals surface area contributed by atoms with Gasteiger partial charge in [-0.25, -0.2) is 9.67 Å². The average molecular weight is 421 g/mol. The highest BCUT2D eigenvalue weighted by Crippen LogP contribution is 2.30. The summed E-state index contributed by atoms with van der Waals surface area (Å²) in [6.45, 7) is 4.85. The third-order valence-electron chi connectivity index (χ3n) is 5.17. The SMILES string of the molecule is CC(C)c1ccccc1N=C1SCCCN1C(=O)c1nn(C)c(=O)c2ccccc12. The molecule has 1 aromatic heterocycles. The third kappa shape index (κ3) is 3.77. The van der Waals surface area contributed by atoms with E-state index in [0.717, 1.165) is 23.4 Å². The minimum atomic E-state index is -0.227. The van der Waals surface area contributed by atoms with Crippen LogP contribution in [0.1, 0.15) is 42.2 Å². The Kier molecular flexibility index (Phi) is 5.72. The zero-order valence-corrected chi connectivity index (χ0v) is 18.1. The Balaban J connectivity index is 1.80. The number of amides is 1. The largest absolute Gasteiger partial charge is 0.286 e. The van der Waals surface area contributed by atoms with Crippen molar-refractivity contribution in [2.24, 2.45) is 12.0 Å². The average Bonchev–Trinajstić information content (AvgIpc) is 2.76. The van der Waals surface area contributed by atoms with Gasteiger partial charge in [-0.05, 0) is 30.0 Å². The van der Waals surface area contributed by atoms with Gasteiger partial charge in [0.15, 0.2) is 10.9 Å². The number of amidine groups is 1. The standard InChI is InChI=1S/C23H24N4O2S/c1-15(2)16-9-6-7-12-19(16)24-23-27(13-8-14-30-23)22(29)20-17-10-4-5-11-18(17)21(28)26(3)25-20/h4-7,9-12,15H,8,13-14H2,1-3H3. The fourth-order valence-electron chi connectivity index (χ4n) is 3.61. The molecule has 0 aliphatic carbocycles. The lowest BCUT2D eigenvalue weighted by atomic mass is 10.0. The lowest BCUT2D eigenvalue weighted by Gasteiger charge is -2.28. The number of hydrogen-bond donors (Lipinski definition) is 0. The highest BCUT2D eigenvalue weighted by Gasteiger charge is 2.28. The van der Waals surface area contributed by atoms with E-state index in [0.29, 0.717) is 28.4 Å².